The maximum absolute atomic E-state index is 13.4. The van der Waals surface area contributed by atoms with Crippen LogP contribution in [0.15, 0.2) is 48.5 Å². The lowest BCUT2D eigenvalue weighted by atomic mass is 9.81. The predicted octanol–water partition coefficient (Wildman–Crippen LogP) is 4.46. The summed E-state index contributed by atoms with van der Waals surface area (Å²) >= 11 is 0. The molecule has 0 aliphatic carbocycles. The van der Waals surface area contributed by atoms with Crippen LogP contribution in [0.5, 0.6) is 0 Å². The third kappa shape index (κ3) is 2.93. The highest BCUT2D eigenvalue weighted by Gasteiger charge is 2.36. The van der Waals surface area contributed by atoms with Crippen molar-refractivity contribution in [3.8, 4) is 0 Å². The predicted molar refractivity (Wildman–Crippen MR) is 73.1 cm³/mol. The number of nitrogens with two attached hydrogens (primary N) is 1. The molecule has 1 atom stereocenters. The maximum Gasteiger partial charge on any atom is 0.419 e. The summed E-state index contributed by atoms with van der Waals surface area (Å²) in [7, 11) is 0. The molecule has 1 unspecified atom stereocenters. The number of benzene rings is 2. The van der Waals surface area contributed by atoms with Crippen LogP contribution in [0.2, 0.25) is 0 Å². The lowest BCUT2D eigenvalue weighted by Gasteiger charge is -2.30. The van der Waals surface area contributed by atoms with E-state index in [2.05, 4.69) is 0 Å². The second-order valence-corrected chi connectivity index (χ2v) is 4.88. The third-order valence-electron chi connectivity index (χ3n) is 3.63. The van der Waals surface area contributed by atoms with Crippen molar-refractivity contribution >= 4 is 0 Å². The summed E-state index contributed by atoms with van der Waals surface area (Å²) in [4.78, 5) is 0. The molecule has 0 amide bonds. The fourth-order valence-corrected chi connectivity index (χ4v) is 2.33. The van der Waals surface area contributed by atoms with Gasteiger partial charge in [0, 0.05) is 0 Å². The topological polar surface area (TPSA) is 26.0 Å². The van der Waals surface area contributed by atoms with Gasteiger partial charge in [-0.1, -0.05) is 43.3 Å². The molecule has 0 spiro atoms. The highest BCUT2D eigenvalue weighted by Crippen LogP contribution is 2.36. The van der Waals surface area contributed by atoms with Gasteiger partial charge in [0.25, 0.3) is 0 Å². The summed E-state index contributed by atoms with van der Waals surface area (Å²) in [5.74, 6) is -1.29. The summed E-state index contributed by atoms with van der Waals surface area (Å²) in [5, 5.41) is 0. The van der Waals surface area contributed by atoms with E-state index in [4.69, 9.17) is 5.73 Å². The highest BCUT2D eigenvalue weighted by molar-refractivity contribution is 5.40. The second kappa shape index (κ2) is 5.48. The van der Waals surface area contributed by atoms with Gasteiger partial charge in [-0.15, -0.1) is 0 Å². The van der Waals surface area contributed by atoms with Crippen LogP contribution in [0.3, 0.4) is 0 Å². The van der Waals surface area contributed by atoms with Gasteiger partial charge < -0.3 is 5.73 Å². The van der Waals surface area contributed by atoms with Gasteiger partial charge in [-0.05, 0) is 29.7 Å². The molecule has 1 nitrogen and oxygen atoms in total. The van der Waals surface area contributed by atoms with Gasteiger partial charge >= 0.3 is 6.18 Å². The van der Waals surface area contributed by atoms with E-state index in [1.165, 1.54) is 6.07 Å². The fraction of sp³-hybridized carbons (Fsp3) is 0.250. The minimum absolute atomic E-state index is 0.241. The molecule has 0 bridgehead atoms. The summed E-state index contributed by atoms with van der Waals surface area (Å²) in [6, 6.07) is 11.7. The van der Waals surface area contributed by atoms with Gasteiger partial charge in [0.1, 0.15) is 5.82 Å². The first kappa shape index (κ1) is 15.5. The largest absolute Gasteiger partial charge is 0.419 e. The summed E-state index contributed by atoms with van der Waals surface area (Å²) < 4.78 is 51.9. The van der Waals surface area contributed by atoms with E-state index in [0.717, 1.165) is 12.1 Å². The Morgan fingerprint density at radius 1 is 0.952 bits per heavy atom. The SMILES string of the molecule is CCC(N)(c1ccccc1)c1ccc(F)c(C(F)(F)F)c1. The Balaban J connectivity index is 2.59. The average Bonchev–Trinajstić information content (AvgIpc) is 2.46. The molecule has 21 heavy (non-hydrogen) atoms. The maximum atomic E-state index is 13.4. The average molecular weight is 297 g/mol. The van der Waals surface area contributed by atoms with E-state index in [1.807, 2.05) is 0 Å². The first-order valence-corrected chi connectivity index (χ1v) is 6.50. The van der Waals surface area contributed by atoms with Gasteiger partial charge in [0.2, 0.25) is 0 Å². The summed E-state index contributed by atoms with van der Waals surface area (Å²) in [6.45, 7) is 1.78. The van der Waals surface area contributed by atoms with Crippen LogP contribution in [-0.2, 0) is 11.7 Å². The summed E-state index contributed by atoms with van der Waals surface area (Å²) in [5.41, 5.74) is 4.86. The van der Waals surface area contributed by atoms with E-state index in [0.29, 0.717) is 12.0 Å². The lowest BCUT2D eigenvalue weighted by Crippen LogP contribution is -2.37. The molecular formula is C16H15F4N. The fourth-order valence-electron chi connectivity index (χ4n) is 2.33. The Morgan fingerprint density at radius 3 is 2.10 bits per heavy atom. The van der Waals surface area contributed by atoms with Crippen molar-refractivity contribution in [2.75, 3.05) is 0 Å². The van der Waals surface area contributed by atoms with Crippen LogP contribution in [-0.4, -0.2) is 0 Å². The van der Waals surface area contributed by atoms with Gasteiger partial charge in [-0.2, -0.15) is 13.2 Å². The molecule has 0 aliphatic rings. The lowest BCUT2D eigenvalue weighted by molar-refractivity contribution is -0.140. The molecule has 112 valence electrons. The van der Waals surface area contributed by atoms with Crippen molar-refractivity contribution in [3.63, 3.8) is 0 Å². The summed E-state index contributed by atoms with van der Waals surface area (Å²) in [6.07, 6.45) is -4.36. The van der Waals surface area contributed by atoms with Crippen LogP contribution in [0.25, 0.3) is 0 Å². The number of hydrogen-bond acceptors (Lipinski definition) is 1. The molecule has 0 saturated carbocycles. The zero-order valence-corrected chi connectivity index (χ0v) is 11.4. The second-order valence-electron chi connectivity index (χ2n) is 4.88. The molecule has 0 aliphatic heterocycles. The van der Waals surface area contributed by atoms with E-state index < -0.39 is 23.1 Å². The minimum atomic E-state index is -4.74. The number of alkyl halides is 3. The van der Waals surface area contributed by atoms with Crippen molar-refractivity contribution in [3.05, 3.63) is 71.0 Å². The van der Waals surface area contributed by atoms with Crippen LogP contribution in [0, 0.1) is 5.82 Å². The first-order valence-electron chi connectivity index (χ1n) is 6.50. The molecule has 0 aromatic heterocycles. The van der Waals surface area contributed by atoms with Crippen LogP contribution >= 0.6 is 0 Å². The molecule has 0 heterocycles. The van der Waals surface area contributed by atoms with Crippen molar-refractivity contribution < 1.29 is 17.6 Å². The van der Waals surface area contributed by atoms with E-state index >= 15 is 0 Å². The van der Waals surface area contributed by atoms with Gasteiger partial charge in [-0.25, -0.2) is 4.39 Å². The van der Waals surface area contributed by atoms with Gasteiger partial charge in [0.15, 0.2) is 0 Å². The van der Waals surface area contributed by atoms with Crippen molar-refractivity contribution in [2.45, 2.75) is 25.1 Å². The molecule has 0 saturated heterocycles. The molecular weight excluding hydrogens is 282 g/mol. The number of hydrogen-bond donors (Lipinski definition) is 1. The molecule has 5 heteroatoms. The zero-order valence-electron chi connectivity index (χ0n) is 11.4. The molecule has 2 N–H and O–H groups in total. The Bertz CT molecular complexity index is 622. The normalized spacial score (nSPS) is 14.8. The zero-order chi connectivity index (χ0) is 15.7. The Morgan fingerprint density at radius 2 is 1.57 bits per heavy atom. The van der Waals surface area contributed by atoms with E-state index in [9.17, 15) is 17.6 Å². The number of rotatable bonds is 3. The standard InChI is InChI=1S/C16H15F4N/c1-2-15(21,11-6-4-3-5-7-11)12-8-9-14(17)13(10-12)16(18,19)20/h3-10H,2,21H2,1H3. The molecule has 2 aromatic carbocycles. The quantitative estimate of drug-likeness (QED) is 0.832. The van der Waals surface area contributed by atoms with Crippen LogP contribution in [0.1, 0.15) is 30.0 Å². The van der Waals surface area contributed by atoms with Crippen LogP contribution in [0.4, 0.5) is 17.6 Å². The molecule has 2 aromatic rings. The minimum Gasteiger partial charge on any atom is -0.318 e. The molecule has 0 fully saturated rings. The Labute approximate surface area is 120 Å². The van der Waals surface area contributed by atoms with Crippen LogP contribution < -0.4 is 5.73 Å². The van der Waals surface area contributed by atoms with Crippen molar-refractivity contribution in [1.82, 2.24) is 0 Å². The smallest absolute Gasteiger partial charge is 0.318 e. The monoisotopic (exact) mass is 297 g/mol. The molecule has 2 rings (SSSR count). The Hall–Kier alpha value is -1.88. The van der Waals surface area contributed by atoms with Crippen molar-refractivity contribution in [1.29, 1.82) is 0 Å². The van der Waals surface area contributed by atoms with Gasteiger partial charge in [-0.3, -0.25) is 0 Å². The van der Waals surface area contributed by atoms with Gasteiger partial charge in [0.05, 0.1) is 11.1 Å². The first-order chi connectivity index (χ1) is 9.79. The van der Waals surface area contributed by atoms with E-state index in [1.54, 1.807) is 37.3 Å². The van der Waals surface area contributed by atoms with E-state index in [-0.39, 0.29) is 5.56 Å². The highest BCUT2D eigenvalue weighted by atomic mass is 19.4. The third-order valence-corrected chi connectivity index (χ3v) is 3.63. The van der Waals surface area contributed by atoms with Crippen molar-refractivity contribution in [2.24, 2.45) is 5.73 Å². The Kier molecular flexibility index (Phi) is 4.05. The number of halogens is 4. The molecule has 0 radical (unpaired) electrons.